The molecule has 0 fully saturated rings. The minimum atomic E-state index is -2.08. The average Bonchev–Trinajstić information content (AvgIpc) is 2.01. The summed E-state index contributed by atoms with van der Waals surface area (Å²) in [4.78, 5) is 31.6. The molecule has 0 aromatic carbocycles. The lowest BCUT2D eigenvalue weighted by Crippen LogP contribution is -2.57. The van der Waals surface area contributed by atoms with Crippen LogP contribution in [0.1, 0.15) is 20.8 Å². The maximum absolute atomic E-state index is 10.6. The molecule has 0 aliphatic rings. The predicted molar refractivity (Wildman–Crippen MR) is 38.0 cm³/mol. The summed E-state index contributed by atoms with van der Waals surface area (Å²) >= 11 is 0. The third-order valence-electron chi connectivity index (χ3n) is 2.47. The molecular weight excluding hydrogens is 176 g/mol. The van der Waals surface area contributed by atoms with Gasteiger partial charge in [-0.25, -0.2) is 0 Å². The van der Waals surface area contributed by atoms with E-state index in [1.54, 1.807) is 0 Å². The molecule has 0 amide bonds. The highest BCUT2D eigenvalue weighted by atomic mass is 16.4. The van der Waals surface area contributed by atoms with E-state index < -0.39 is 22.8 Å². The van der Waals surface area contributed by atoms with Gasteiger partial charge in [0.05, 0.1) is 11.4 Å². The van der Waals surface area contributed by atoms with Gasteiger partial charge in [0.1, 0.15) is 6.29 Å². The van der Waals surface area contributed by atoms with E-state index in [-0.39, 0.29) is 6.29 Å². The Bertz CT molecular complexity index is 255. The molecule has 0 radical (unpaired) electrons. The van der Waals surface area contributed by atoms with Gasteiger partial charge in [-0.15, -0.1) is 0 Å². The quantitative estimate of drug-likeness (QED) is 0.364. The van der Waals surface area contributed by atoms with Gasteiger partial charge in [0, 0.05) is 11.4 Å². The molecule has 0 N–H and O–H groups in total. The number of carbonyl (C=O) groups excluding carboxylic acids is 3. The van der Waals surface area contributed by atoms with E-state index >= 15 is 0 Å². The molecular formula is C8H10O5-2. The van der Waals surface area contributed by atoms with Crippen molar-refractivity contribution in [2.75, 3.05) is 0 Å². The van der Waals surface area contributed by atoms with Crippen LogP contribution in [0.15, 0.2) is 0 Å². The first kappa shape index (κ1) is 11.6. The number of aliphatic carboxylic acids is 2. The van der Waals surface area contributed by atoms with Crippen molar-refractivity contribution >= 4 is 18.2 Å². The topological polar surface area (TPSA) is 97.3 Å². The van der Waals surface area contributed by atoms with Crippen LogP contribution < -0.4 is 10.2 Å². The van der Waals surface area contributed by atoms with Crippen molar-refractivity contribution in [3.63, 3.8) is 0 Å². The fourth-order valence-corrected chi connectivity index (χ4v) is 0.663. The summed E-state index contributed by atoms with van der Waals surface area (Å²) in [6.45, 7) is 3.20. The van der Waals surface area contributed by atoms with Gasteiger partial charge < -0.3 is 24.6 Å². The molecule has 13 heavy (non-hydrogen) atoms. The lowest BCUT2D eigenvalue weighted by atomic mass is 9.67. The van der Waals surface area contributed by atoms with E-state index in [0.717, 1.165) is 20.8 Å². The molecule has 74 valence electrons. The Kier molecular flexibility index (Phi) is 2.82. The van der Waals surface area contributed by atoms with E-state index in [9.17, 15) is 24.6 Å². The summed E-state index contributed by atoms with van der Waals surface area (Å²) in [7, 11) is 0. The van der Waals surface area contributed by atoms with Crippen LogP contribution in [0, 0.1) is 10.8 Å². The fourth-order valence-electron chi connectivity index (χ4n) is 0.663. The SMILES string of the molecule is CC(C)(C(=O)[O-])C(C)(C=O)C(=O)[O-]. The summed E-state index contributed by atoms with van der Waals surface area (Å²) in [6.07, 6.45) is 0.0537. The third kappa shape index (κ3) is 1.54. The van der Waals surface area contributed by atoms with E-state index in [4.69, 9.17) is 0 Å². The van der Waals surface area contributed by atoms with Gasteiger partial charge in [0.2, 0.25) is 0 Å². The average molecular weight is 186 g/mol. The zero-order chi connectivity index (χ0) is 10.9. The fraction of sp³-hybridized carbons (Fsp3) is 0.625. The van der Waals surface area contributed by atoms with Crippen LogP contribution in [0.4, 0.5) is 0 Å². The van der Waals surface area contributed by atoms with Crippen molar-refractivity contribution in [3.8, 4) is 0 Å². The number of aldehydes is 1. The summed E-state index contributed by atoms with van der Waals surface area (Å²) in [5.74, 6) is -3.33. The van der Waals surface area contributed by atoms with Gasteiger partial charge in [0.15, 0.2) is 0 Å². The second-order valence-corrected chi connectivity index (χ2v) is 3.52. The van der Waals surface area contributed by atoms with Crippen LogP contribution in [-0.4, -0.2) is 18.2 Å². The number of hydrogen-bond acceptors (Lipinski definition) is 5. The molecule has 0 rings (SSSR count). The maximum Gasteiger partial charge on any atom is 0.132 e. The second kappa shape index (κ2) is 3.16. The van der Waals surface area contributed by atoms with E-state index in [2.05, 4.69) is 0 Å². The van der Waals surface area contributed by atoms with Gasteiger partial charge in [-0.2, -0.15) is 0 Å². The van der Waals surface area contributed by atoms with Crippen molar-refractivity contribution < 1.29 is 24.6 Å². The molecule has 0 aliphatic heterocycles. The Balaban J connectivity index is 5.31. The van der Waals surface area contributed by atoms with Crippen LogP contribution in [0.5, 0.6) is 0 Å². The molecule has 1 atom stereocenters. The number of carboxylic acid groups (broad SMARTS) is 2. The number of hydrogen-bond donors (Lipinski definition) is 0. The van der Waals surface area contributed by atoms with Crippen LogP contribution in [0.25, 0.3) is 0 Å². The highest BCUT2D eigenvalue weighted by molar-refractivity contribution is 5.96. The first-order valence-electron chi connectivity index (χ1n) is 3.59. The first-order chi connectivity index (χ1) is 5.70. The monoisotopic (exact) mass is 186 g/mol. The molecule has 0 bridgehead atoms. The van der Waals surface area contributed by atoms with E-state index in [1.807, 2.05) is 0 Å². The van der Waals surface area contributed by atoms with Gasteiger partial charge in [-0.3, -0.25) is 0 Å². The van der Waals surface area contributed by atoms with Crippen LogP contribution in [-0.2, 0) is 14.4 Å². The van der Waals surface area contributed by atoms with Crippen LogP contribution in [0.3, 0.4) is 0 Å². The molecule has 0 heterocycles. The van der Waals surface area contributed by atoms with Crippen molar-refractivity contribution in [3.05, 3.63) is 0 Å². The Hall–Kier alpha value is -1.39. The summed E-state index contributed by atoms with van der Waals surface area (Å²) in [6, 6.07) is 0. The van der Waals surface area contributed by atoms with Gasteiger partial charge in [0.25, 0.3) is 0 Å². The van der Waals surface area contributed by atoms with E-state index in [1.165, 1.54) is 0 Å². The zero-order valence-electron chi connectivity index (χ0n) is 7.62. The molecule has 0 aromatic rings. The largest absolute Gasteiger partial charge is 0.550 e. The molecule has 0 spiro atoms. The Morgan fingerprint density at radius 1 is 1.08 bits per heavy atom. The van der Waals surface area contributed by atoms with E-state index in [0.29, 0.717) is 0 Å². The summed E-state index contributed by atoms with van der Waals surface area (Å²) in [5.41, 5.74) is -3.88. The van der Waals surface area contributed by atoms with Gasteiger partial charge in [-0.1, -0.05) is 13.8 Å². The molecule has 1 unspecified atom stereocenters. The number of rotatable bonds is 4. The van der Waals surface area contributed by atoms with Crippen molar-refractivity contribution in [2.24, 2.45) is 10.8 Å². The zero-order valence-corrected chi connectivity index (χ0v) is 7.62. The lowest BCUT2D eigenvalue weighted by molar-refractivity contribution is -0.338. The molecule has 5 nitrogen and oxygen atoms in total. The van der Waals surface area contributed by atoms with Gasteiger partial charge in [-0.05, 0) is 6.92 Å². The Morgan fingerprint density at radius 2 is 1.46 bits per heavy atom. The first-order valence-corrected chi connectivity index (χ1v) is 3.59. The highest BCUT2D eigenvalue weighted by Crippen LogP contribution is 2.36. The highest BCUT2D eigenvalue weighted by Gasteiger charge is 2.43. The Morgan fingerprint density at radius 3 is 1.54 bits per heavy atom. The van der Waals surface area contributed by atoms with Crippen molar-refractivity contribution in [1.82, 2.24) is 0 Å². The minimum absolute atomic E-state index is 0.0537. The molecule has 5 heteroatoms. The molecule has 0 saturated carbocycles. The lowest BCUT2D eigenvalue weighted by Gasteiger charge is -2.41. The standard InChI is InChI=1S/C8H12O5/c1-7(2,5(10)11)8(3,4-9)6(12)13/h4H,1-3H3,(H,10,11)(H,12,13)/p-2. The summed E-state index contributed by atoms with van der Waals surface area (Å²) < 4.78 is 0. The van der Waals surface area contributed by atoms with Crippen LogP contribution >= 0.6 is 0 Å². The Labute approximate surface area is 75.4 Å². The van der Waals surface area contributed by atoms with Crippen molar-refractivity contribution in [2.45, 2.75) is 20.8 Å². The minimum Gasteiger partial charge on any atom is -0.550 e. The molecule has 0 saturated heterocycles. The summed E-state index contributed by atoms with van der Waals surface area (Å²) in [5, 5.41) is 21.1. The molecule has 0 aliphatic carbocycles. The van der Waals surface area contributed by atoms with Crippen molar-refractivity contribution in [1.29, 1.82) is 0 Å². The smallest absolute Gasteiger partial charge is 0.132 e. The van der Waals surface area contributed by atoms with Gasteiger partial charge >= 0.3 is 0 Å². The number of carboxylic acids is 2. The second-order valence-electron chi connectivity index (χ2n) is 3.52. The normalized spacial score (nSPS) is 15.9. The maximum atomic E-state index is 10.6. The molecule has 0 aromatic heterocycles. The third-order valence-corrected chi connectivity index (χ3v) is 2.47. The predicted octanol–water partition coefficient (Wildman–Crippen LogP) is -2.28. The van der Waals surface area contributed by atoms with Crippen LogP contribution in [0.2, 0.25) is 0 Å². The number of carbonyl (C=O) groups is 3.